The number of ether oxygens (including phenoxy) is 2. The number of hydrogen-bond donors (Lipinski definition) is 1. The van der Waals surface area contributed by atoms with Crippen LogP contribution in [0.1, 0.15) is 18.7 Å². The van der Waals surface area contributed by atoms with Gasteiger partial charge in [0.05, 0.1) is 36.4 Å². The molecule has 1 unspecified atom stereocenters. The topological polar surface area (TPSA) is 94.9 Å². The summed E-state index contributed by atoms with van der Waals surface area (Å²) in [6.45, 7) is 1.44. The molecule has 3 heterocycles. The lowest BCUT2D eigenvalue weighted by Crippen LogP contribution is -2.17. The van der Waals surface area contributed by atoms with E-state index in [0.29, 0.717) is 34.0 Å². The molecule has 33 heavy (non-hydrogen) atoms. The van der Waals surface area contributed by atoms with Crippen LogP contribution in [0.25, 0.3) is 22.3 Å². The Morgan fingerprint density at radius 3 is 2.85 bits per heavy atom. The predicted octanol–water partition coefficient (Wildman–Crippen LogP) is 4.31. The number of H-pyrrole nitrogens is 1. The van der Waals surface area contributed by atoms with Crippen LogP contribution in [0.4, 0.5) is 0 Å². The Hall–Kier alpha value is -2.88. The van der Waals surface area contributed by atoms with Gasteiger partial charge in [0.25, 0.3) is 5.56 Å². The Labute approximate surface area is 199 Å². The zero-order valence-corrected chi connectivity index (χ0v) is 19.5. The summed E-state index contributed by atoms with van der Waals surface area (Å²) in [6, 6.07) is 12.8. The third kappa shape index (κ3) is 4.75. The molecule has 8 nitrogen and oxygen atoms in total. The fourth-order valence-corrected chi connectivity index (χ4v) is 4.85. The molecule has 1 fully saturated rings. The van der Waals surface area contributed by atoms with Crippen LogP contribution in [0, 0.1) is 0 Å². The van der Waals surface area contributed by atoms with E-state index in [1.807, 2.05) is 24.3 Å². The number of aromatic nitrogens is 5. The van der Waals surface area contributed by atoms with Crippen molar-refractivity contribution < 1.29 is 9.47 Å². The Bertz CT molecular complexity index is 1330. The first-order valence-corrected chi connectivity index (χ1v) is 12.0. The van der Waals surface area contributed by atoms with Crippen LogP contribution in [0.2, 0.25) is 5.02 Å². The minimum absolute atomic E-state index is 0.123. The lowest BCUT2D eigenvalue weighted by molar-refractivity contribution is 0.0953. The summed E-state index contributed by atoms with van der Waals surface area (Å²) in [6.07, 6.45) is 2.18. The van der Waals surface area contributed by atoms with Crippen molar-refractivity contribution in [3.05, 3.63) is 63.7 Å². The molecule has 0 spiro atoms. The molecule has 1 aliphatic heterocycles. The number of hydrogen-bond acceptors (Lipinski definition) is 7. The van der Waals surface area contributed by atoms with Crippen LogP contribution in [0.3, 0.4) is 0 Å². The molecule has 1 atom stereocenters. The summed E-state index contributed by atoms with van der Waals surface area (Å²) < 4.78 is 13.2. The Morgan fingerprint density at radius 2 is 2.09 bits per heavy atom. The zero-order valence-electron chi connectivity index (χ0n) is 18.0. The molecule has 10 heteroatoms. The van der Waals surface area contributed by atoms with E-state index in [2.05, 4.69) is 24.7 Å². The first-order valence-electron chi connectivity index (χ1n) is 10.6. The van der Waals surface area contributed by atoms with Gasteiger partial charge in [0, 0.05) is 17.2 Å². The van der Waals surface area contributed by atoms with Crippen molar-refractivity contribution in [2.24, 2.45) is 0 Å². The van der Waals surface area contributed by atoms with E-state index >= 15 is 0 Å². The van der Waals surface area contributed by atoms with Crippen molar-refractivity contribution in [1.29, 1.82) is 0 Å². The molecule has 0 amide bonds. The summed E-state index contributed by atoms with van der Waals surface area (Å²) in [5.74, 6) is 2.54. The molecule has 1 saturated heterocycles. The second kappa shape index (κ2) is 9.54. The summed E-state index contributed by atoms with van der Waals surface area (Å²) >= 11 is 7.55. The molecule has 2 aromatic carbocycles. The van der Waals surface area contributed by atoms with Crippen molar-refractivity contribution in [2.45, 2.75) is 36.4 Å². The van der Waals surface area contributed by atoms with Gasteiger partial charge < -0.3 is 14.5 Å². The number of thioether (sulfide) groups is 1. The number of aromatic amines is 1. The van der Waals surface area contributed by atoms with Crippen LogP contribution < -0.4 is 10.3 Å². The molecule has 2 aromatic heterocycles. The fourth-order valence-electron chi connectivity index (χ4n) is 3.87. The molecular formula is C23H22ClN5O3S. The zero-order chi connectivity index (χ0) is 22.8. The smallest absolute Gasteiger partial charge is 0.258 e. The van der Waals surface area contributed by atoms with Gasteiger partial charge in [0.1, 0.15) is 11.6 Å². The number of nitrogens with one attached hydrogen (secondary N) is 1. The number of rotatable bonds is 7. The highest BCUT2D eigenvalue weighted by Gasteiger charge is 2.22. The lowest BCUT2D eigenvalue weighted by atomic mass is 10.2. The number of fused-ring (bicyclic) bond motifs is 1. The second-order valence-electron chi connectivity index (χ2n) is 7.74. The van der Waals surface area contributed by atoms with Crippen molar-refractivity contribution >= 4 is 34.3 Å². The van der Waals surface area contributed by atoms with E-state index in [-0.39, 0.29) is 11.7 Å². The highest BCUT2D eigenvalue weighted by atomic mass is 35.5. The molecule has 5 rings (SSSR count). The van der Waals surface area contributed by atoms with Crippen molar-refractivity contribution in [3.8, 4) is 17.1 Å². The summed E-state index contributed by atoms with van der Waals surface area (Å²) in [5.41, 5.74) is 1.33. The Morgan fingerprint density at radius 1 is 1.24 bits per heavy atom. The van der Waals surface area contributed by atoms with Gasteiger partial charge in [-0.25, -0.2) is 4.98 Å². The van der Waals surface area contributed by atoms with Gasteiger partial charge in [0.15, 0.2) is 11.0 Å². The number of halogens is 1. The predicted molar refractivity (Wildman–Crippen MR) is 128 cm³/mol. The summed E-state index contributed by atoms with van der Waals surface area (Å²) in [4.78, 5) is 19.9. The molecule has 1 aliphatic rings. The van der Waals surface area contributed by atoms with Gasteiger partial charge in [-0.1, -0.05) is 23.4 Å². The maximum atomic E-state index is 12.5. The van der Waals surface area contributed by atoms with E-state index in [4.69, 9.17) is 21.1 Å². The van der Waals surface area contributed by atoms with Crippen LogP contribution in [0.5, 0.6) is 5.75 Å². The molecule has 0 aliphatic carbocycles. The van der Waals surface area contributed by atoms with Crippen molar-refractivity contribution in [2.75, 3.05) is 13.7 Å². The maximum Gasteiger partial charge on any atom is 0.258 e. The number of benzene rings is 2. The SMILES string of the molecule is COc1ccc(-c2nnc(SCc3nc4cc(Cl)ccc4c(=O)[nH]3)n2CC2CCCO2)cc1. The van der Waals surface area contributed by atoms with Gasteiger partial charge >= 0.3 is 0 Å². The monoisotopic (exact) mass is 483 g/mol. The third-order valence-corrected chi connectivity index (χ3v) is 6.74. The van der Waals surface area contributed by atoms with Crippen LogP contribution in [-0.2, 0) is 17.0 Å². The van der Waals surface area contributed by atoms with Gasteiger partial charge in [-0.15, -0.1) is 10.2 Å². The highest BCUT2D eigenvalue weighted by molar-refractivity contribution is 7.98. The minimum Gasteiger partial charge on any atom is -0.497 e. The molecular weight excluding hydrogens is 462 g/mol. The molecule has 0 radical (unpaired) electrons. The van der Waals surface area contributed by atoms with Gasteiger partial charge in [0.2, 0.25) is 0 Å². The second-order valence-corrected chi connectivity index (χ2v) is 9.12. The quantitative estimate of drug-likeness (QED) is 0.391. The van der Waals surface area contributed by atoms with E-state index < -0.39 is 0 Å². The number of methoxy groups -OCH3 is 1. The molecule has 0 bridgehead atoms. The molecule has 0 saturated carbocycles. The van der Waals surface area contributed by atoms with E-state index in [9.17, 15) is 4.79 Å². The van der Waals surface area contributed by atoms with E-state index in [0.717, 1.165) is 41.7 Å². The minimum atomic E-state index is -0.188. The van der Waals surface area contributed by atoms with Crippen molar-refractivity contribution in [1.82, 2.24) is 24.7 Å². The number of nitrogens with zero attached hydrogens (tertiary/aromatic N) is 4. The third-order valence-electron chi connectivity index (χ3n) is 5.53. The largest absolute Gasteiger partial charge is 0.497 e. The lowest BCUT2D eigenvalue weighted by Gasteiger charge is -2.15. The maximum absolute atomic E-state index is 12.5. The van der Waals surface area contributed by atoms with Gasteiger partial charge in [-0.05, 0) is 55.3 Å². The normalized spacial score (nSPS) is 15.9. The summed E-state index contributed by atoms with van der Waals surface area (Å²) in [7, 11) is 1.64. The van der Waals surface area contributed by atoms with Gasteiger partial charge in [-0.2, -0.15) is 0 Å². The first kappa shape index (κ1) is 21.9. The Kier molecular flexibility index (Phi) is 6.34. The van der Waals surface area contributed by atoms with E-state index in [1.54, 1.807) is 25.3 Å². The summed E-state index contributed by atoms with van der Waals surface area (Å²) in [5, 5.41) is 10.7. The Balaban J connectivity index is 1.44. The molecule has 4 aromatic rings. The van der Waals surface area contributed by atoms with Crippen LogP contribution in [0.15, 0.2) is 52.4 Å². The van der Waals surface area contributed by atoms with Crippen LogP contribution in [-0.4, -0.2) is 44.6 Å². The fraction of sp³-hybridized carbons (Fsp3) is 0.304. The molecule has 170 valence electrons. The standard InChI is InChI=1S/C23H22ClN5O3S/c1-31-16-7-4-14(5-8-16)21-27-28-23(29(21)12-17-3-2-10-32-17)33-13-20-25-19-11-15(24)6-9-18(19)22(30)26-20/h4-9,11,17H,2-3,10,12-13H2,1H3,(H,25,26,30). The highest BCUT2D eigenvalue weighted by Crippen LogP contribution is 2.29. The van der Waals surface area contributed by atoms with Crippen molar-refractivity contribution in [3.63, 3.8) is 0 Å². The van der Waals surface area contributed by atoms with E-state index in [1.165, 1.54) is 11.8 Å². The first-order chi connectivity index (χ1) is 16.1. The average Bonchev–Trinajstić information content (AvgIpc) is 3.48. The van der Waals surface area contributed by atoms with Crippen LogP contribution >= 0.6 is 23.4 Å². The average molecular weight is 484 g/mol. The molecule has 1 N–H and O–H groups in total. The van der Waals surface area contributed by atoms with Gasteiger partial charge in [-0.3, -0.25) is 9.36 Å².